The highest BCUT2D eigenvalue weighted by molar-refractivity contribution is 7.89. The Morgan fingerprint density at radius 2 is 1.56 bits per heavy atom. The summed E-state index contributed by atoms with van der Waals surface area (Å²) in [6, 6.07) is 10.5. The molecule has 0 radical (unpaired) electrons. The summed E-state index contributed by atoms with van der Waals surface area (Å²) in [5, 5.41) is 13.1. The molecule has 0 amide bonds. The molecule has 1 aromatic carbocycles. The van der Waals surface area contributed by atoms with Crippen LogP contribution in [0.15, 0.2) is 41.3 Å². The SMILES string of the molecule is COc1ccc(OC)c(S(=O)(=O)N2CCN(c3ccc(-n4nc(C)cc4C)nn3)CC2)c1. The predicted molar refractivity (Wildman–Crippen MR) is 119 cm³/mol. The van der Waals surface area contributed by atoms with Crippen LogP contribution in [0.1, 0.15) is 11.4 Å². The molecule has 170 valence electrons. The number of rotatable bonds is 6. The Morgan fingerprint density at radius 3 is 2.12 bits per heavy atom. The number of methoxy groups -OCH3 is 2. The largest absolute Gasteiger partial charge is 0.497 e. The van der Waals surface area contributed by atoms with E-state index in [1.165, 1.54) is 24.6 Å². The molecular weight excluding hydrogens is 432 g/mol. The van der Waals surface area contributed by atoms with E-state index in [9.17, 15) is 8.42 Å². The minimum atomic E-state index is -3.73. The Balaban J connectivity index is 1.48. The van der Waals surface area contributed by atoms with Gasteiger partial charge < -0.3 is 14.4 Å². The van der Waals surface area contributed by atoms with Crippen LogP contribution >= 0.6 is 0 Å². The van der Waals surface area contributed by atoms with Crippen molar-refractivity contribution in [3.63, 3.8) is 0 Å². The van der Waals surface area contributed by atoms with Gasteiger partial charge in [-0.1, -0.05) is 0 Å². The van der Waals surface area contributed by atoms with Crippen molar-refractivity contribution in [3.8, 4) is 17.3 Å². The van der Waals surface area contributed by atoms with Crippen molar-refractivity contribution in [1.29, 1.82) is 0 Å². The lowest BCUT2D eigenvalue weighted by atomic mass is 10.3. The summed E-state index contributed by atoms with van der Waals surface area (Å²) in [6.07, 6.45) is 0. The second kappa shape index (κ2) is 8.75. The van der Waals surface area contributed by atoms with Crippen molar-refractivity contribution in [2.24, 2.45) is 0 Å². The number of benzene rings is 1. The first-order valence-electron chi connectivity index (χ1n) is 10.2. The summed E-state index contributed by atoms with van der Waals surface area (Å²) in [7, 11) is -0.784. The van der Waals surface area contributed by atoms with Crippen molar-refractivity contribution in [1.82, 2.24) is 24.3 Å². The molecule has 1 saturated heterocycles. The van der Waals surface area contributed by atoms with Gasteiger partial charge in [0.1, 0.15) is 16.4 Å². The highest BCUT2D eigenvalue weighted by Crippen LogP contribution is 2.31. The molecule has 3 aromatic rings. The second-order valence-corrected chi connectivity index (χ2v) is 9.40. The first kappa shape index (κ1) is 22.0. The lowest BCUT2D eigenvalue weighted by Gasteiger charge is -2.34. The van der Waals surface area contributed by atoms with Gasteiger partial charge in [-0.3, -0.25) is 0 Å². The minimum Gasteiger partial charge on any atom is -0.497 e. The zero-order valence-corrected chi connectivity index (χ0v) is 19.3. The predicted octanol–water partition coefficient (Wildman–Crippen LogP) is 1.81. The van der Waals surface area contributed by atoms with Crippen LogP contribution in [0, 0.1) is 13.8 Å². The van der Waals surface area contributed by atoms with Crippen molar-refractivity contribution in [2.75, 3.05) is 45.3 Å². The number of aromatic nitrogens is 4. The van der Waals surface area contributed by atoms with E-state index >= 15 is 0 Å². The molecule has 10 nitrogen and oxygen atoms in total. The Morgan fingerprint density at radius 1 is 0.875 bits per heavy atom. The average molecular weight is 459 g/mol. The Hall–Kier alpha value is -3.18. The topological polar surface area (TPSA) is 103 Å². The van der Waals surface area contributed by atoms with E-state index in [0.717, 1.165) is 11.4 Å². The number of anilines is 1. The molecule has 0 N–H and O–H groups in total. The van der Waals surface area contributed by atoms with Gasteiger partial charge in [0, 0.05) is 37.9 Å². The fourth-order valence-corrected chi connectivity index (χ4v) is 5.34. The smallest absolute Gasteiger partial charge is 0.247 e. The summed E-state index contributed by atoms with van der Waals surface area (Å²) in [5.41, 5.74) is 1.90. The van der Waals surface area contributed by atoms with Crippen LogP contribution in [0.3, 0.4) is 0 Å². The van der Waals surface area contributed by atoms with Gasteiger partial charge in [0.05, 0.1) is 19.9 Å². The molecule has 3 heterocycles. The molecule has 2 aromatic heterocycles. The van der Waals surface area contributed by atoms with E-state index < -0.39 is 10.0 Å². The Kier molecular flexibility index (Phi) is 6.02. The molecule has 0 unspecified atom stereocenters. The zero-order chi connectivity index (χ0) is 22.9. The number of aryl methyl sites for hydroxylation is 2. The van der Waals surface area contributed by atoms with Gasteiger partial charge in [-0.2, -0.15) is 9.40 Å². The summed E-state index contributed by atoms with van der Waals surface area (Å²) >= 11 is 0. The van der Waals surface area contributed by atoms with Gasteiger partial charge >= 0.3 is 0 Å². The minimum absolute atomic E-state index is 0.0989. The molecule has 0 spiro atoms. The van der Waals surface area contributed by atoms with Crippen LogP contribution < -0.4 is 14.4 Å². The molecule has 0 saturated carbocycles. The lowest BCUT2D eigenvalue weighted by Crippen LogP contribution is -2.49. The molecule has 0 bridgehead atoms. The lowest BCUT2D eigenvalue weighted by molar-refractivity contribution is 0.370. The Bertz CT molecular complexity index is 1200. The van der Waals surface area contributed by atoms with Crippen molar-refractivity contribution >= 4 is 15.8 Å². The zero-order valence-electron chi connectivity index (χ0n) is 18.5. The number of hydrogen-bond donors (Lipinski definition) is 0. The van der Waals surface area contributed by atoms with Crippen molar-refractivity contribution in [3.05, 3.63) is 47.8 Å². The monoisotopic (exact) mass is 458 g/mol. The molecule has 11 heteroatoms. The Labute approximate surface area is 187 Å². The molecule has 0 atom stereocenters. The van der Waals surface area contributed by atoms with Gasteiger partial charge in [0.25, 0.3) is 0 Å². The molecule has 4 rings (SSSR count). The maximum absolute atomic E-state index is 13.2. The first-order chi connectivity index (χ1) is 15.3. The third-order valence-corrected chi connectivity index (χ3v) is 7.33. The number of hydrogen-bond acceptors (Lipinski definition) is 8. The highest BCUT2D eigenvalue weighted by atomic mass is 32.2. The molecule has 0 aliphatic carbocycles. The number of ether oxygens (including phenoxy) is 2. The summed E-state index contributed by atoms with van der Waals surface area (Å²) in [4.78, 5) is 2.12. The quantitative estimate of drug-likeness (QED) is 0.551. The van der Waals surface area contributed by atoms with E-state index in [1.54, 1.807) is 16.8 Å². The van der Waals surface area contributed by atoms with E-state index in [1.807, 2.05) is 36.9 Å². The fourth-order valence-electron chi connectivity index (χ4n) is 3.74. The van der Waals surface area contributed by atoms with Gasteiger partial charge in [-0.05, 0) is 44.2 Å². The molecule has 1 aliphatic heterocycles. The second-order valence-electron chi connectivity index (χ2n) is 7.50. The summed E-state index contributed by atoms with van der Waals surface area (Å²) in [6.45, 7) is 5.54. The standard InChI is InChI=1S/C21H26N6O4S/c1-15-13-16(2)27(24-15)21-8-7-20(22-23-21)25-9-11-26(12-10-25)32(28,29)19-14-17(30-3)5-6-18(19)31-4/h5-8,13-14H,9-12H2,1-4H3. The van der Waals surface area contributed by atoms with Crippen LogP contribution in [0.2, 0.25) is 0 Å². The van der Waals surface area contributed by atoms with E-state index in [-0.39, 0.29) is 4.90 Å². The molecule has 1 fully saturated rings. The van der Waals surface area contributed by atoms with Gasteiger partial charge in [0.15, 0.2) is 11.6 Å². The van der Waals surface area contributed by atoms with Gasteiger partial charge in [-0.15, -0.1) is 10.2 Å². The third kappa shape index (κ3) is 4.13. The van der Waals surface area contributed by atoms with Crippen LogP contribution in [-0.4, -0.2) is 73.1 Å². The third-order valence-electron chi connectivity index (χ3n) is 5.41. The van der Waals surface area contributed by atoms with Crippen LogP contribution in [0.4, 0.5) is 5.82 Å². The van der Waals surface area contributed by atoms with Crippen LogP contribution in [0.5, 0.6) is 11.5 Å². The normalized spacial score (nSPS) is 15.1. The maximum Gasteiger partial charge on any atom is 0.247 e. The summed E-state index contributed by atoms with van der Waals surface area (Å²) in [5.74, 6) is 2.09. The number of nitrogens with zero attached hydrogens (tertiary/aromatic N) is 6. The van der Waals surface area contributed by atoms with Crippen molar-refractivity contribution in [2.45, 2.75) is 18.7 Å². The first-order valence-corrected chi connectivity index (χ1v) is 11.6. The molecule has 32 heavy (non-hydrogen) atoms. The van der Waals surface area contributed by atoms with Crippen LogP contribution in [-0.2, 0) is 10.0 Å². The number of piperazine rings is 1. The highest BCUT2D eigenvalue weighted by Gasteiger charge is 2.31. The number of sulfonamides is 1. The van der Waals surface area contributed by atoms with Gasteiger partial charge in [0.2, 0.25) is 10.0 Å². The maximum atomic E-state index is 13.2. The van der Waals surface area contributed by atoms with Crippen LogP contribution in [0.25, 0.3) is 5.82 Å². The molecule has 1 aliphatic rings. The van der Waals surface area contributed by atoms with E-state index in [2.05, 4.69) is 15.3 Å². The molecular formula is C21H26N6O4S. The van der Waals surface area contributed by atoms with Crippen molar-refractivity contribution < 1.29 is 17.9 Å². The summed E-state index contributed by atoms with van der Waals surface area (Å²) < 4.78 is 40.2. The van der Waals surface area contributed by atoms with E-state index in [4.69, 9.17) is 9.47 Å². The fraction of sp³-hybridized carbons (Fsp3) is 0.381. The average Bonchev–Trinajstić information content (AvgIpc) is 3.16. The van der Waals surface area contributed by atoms with Gasteiger partial charge in [-0.25, -0.2) is 13.1 Å². The van der Waals surface area contributed by atoms with E-state index in [0.29, 0.717) is 49.3 Å².